The molecule has 0 unspecified atom stereocenters. The third kappa shape index (κ3) is 3.08. The highest BCUT2D eigenvalue weighted by Crippen LogP contribution is 2.18. The number of carbonyl (C=O) groups is 1. The van der Waals surface area contributed by atoms with Gasteiger partial charge in [0.1, 0.15) is 0 Å². The number of rotatable bonds is 2. The molecular formula is C14H14F2N2O. The van der Waals surface area contributed by atoms with E-state index in [1.807, 2.05) is 0 Å². The van der Waals surface area contributed by atoms with E-state index < -0.39 is 11.6 Å². The van der Waals surface area contributed by atoms with Crippen molar-refractivity contribution in [2.75, 3.05) is 13.1 Å². The van der Waals surface area contributed by atoms with Gasteiger partial charge in [0.05, 0.1) is 12.5 Å². The van der Waals surface area contributed by atoms with Crippen molar-refractivity contribution in [1.82, 2.24) is 4.90 Å². The highest BCUT2D eigenvalue weighted by molar-refractivity contribution is 5.78. The zero-order valence-corrected chi connectivity index (χ0v) is 10.4. The van der Waals surface area contributed by atoms with E-state index in [2.05, 4.69) is 6.07 Å². The van der Waals surface area contributed by atoms with Gasteiger partial charge in [0.25, 0.3) is 0 Å². The molecule has 0 N–H and O–H groups in total. The van der Waals surface area contributed by atoms with E-state index in [1.54, 1.807) is 4.90 Å². The number of carbonyl (C=O) groups excluding carboxylic acids is 1. The van der Waals surface area contributed by atoms with E-state index in [4.69, 9.17) is 5.26 Å². The molecule has 0 radical (unpaired) electrons. The zero-order chi connectivity index (χ0) is 13.8. The Bertz CT molecular complexity index is 517. The maximum atomic E-state index is 13.5. The van der Waals surface area contributed by atoms with E-state index in [0.29, 0.717) is 25.9 Å². The van der Waals surface area contributed by atoms with E-state index in [0.717, 1.165) is 6.07 Å². The van der Waals surface area contributed by atoms with Gasteiger partial charge in [-0.15, -0.1) is 0 Å². The third-order valence-corrected chi connectivity index (χ3v) is 3.40. The third-order valence-electron chi connectivity index (χ3n) is 3.40. The molecule has 0 atom stereocenters. The van der Waals surface area contributed by atoms with Crippen LogP contribution in [0.25, 0.3) is 0 Å². The van der Waals surface area contributed by atoms with Crippen LogP contribution in [0, 0.1) is 28.9 Å². The van der Waals surface area contributed by atoms with Crippen LogP contribution >= 0.6 is 0 Å². The van der Waals surface area contributed by atoms with Crippen molar-refractivity contribution in [1.29, 1.82) is 5.26 Å². The number of benzene rings is 1. The Morgan fingerprint density at radius 2 is 2.05 bits per heavy atom. The molecule has 100 valence electrons. The summed E-state index contributed by atoms with van der Waals surface area (Å²) in [5.74, 6) is -2.12. The second-order valence-electron chi connectivity index (χ2n) is 4.67. The van der Waals surface area contributed by atoms with E-state index >= 15 is 0 Å². The first-order valence-corrected chi connectivity index (χ1v) is 6.22. The molecule has 3 nitrogen and oxygen atoms in total. The summed E-state index contributed by atoms with van der Waals surface area (Å²) >= 11 is 0. The maximum Gasteiger partial charge on any atom is 0.227 e. The van der Waals surface area contributed by atoms with Gasteiger partial charge in [-0.3, -0.25) is 4.79 Å². The molecule has 0 spiro atoms. The molecule has 0 bridgehead atoms. The van der Waals surface area contributed by atoms with Gasteiger partial charge in [-0.05, 0) is 18.9 Å². The number of hydrogen-bond acceptors (Lipinski definition) is 2. The Morgan fingerprint density at radius 3 is 2.68 bits per heavy atom. The minimum Gasteiger partial charge on any atom is -0.342 e. The predicted octanol–water partition coefficient (Wildman–Crippen LogP) is 2.27. The van der Waals surface area contributed by atoms with Crippen molar-refractivity contribution in [3.8, 4) is 6.07 Å². The molecule has 1 aromatic carbocycles. The lowest BCUT2D eigenvalue weighted by Crippen LogP contribution is -2.39. The Morgan fingerprint density at radius 1 is 1.37 bits per heavy atom. The number of piperidine rings is 1. The average Bonchev–Trinajstić information content (AvgIpc) is 2.44. The van der Waals surface area contributed by atoms with Crippen molar-refractivity contribution in [2.45, 2.75) is 19.3 Å². The lowest BCUT2D eigenvalue weighted by Gasteiger charge is -2.29. The molecule has 0 aromatic heterocycles. The van der Waals surface area contributed by atoms with Gasteiger partial charge in [0.2, 0.25) is 5.91 Å². The van der Waals surface area contributed by atoms with Crippen LogP contribution in [0.15, 0.2) is 18.2 Å². The summed E-state index contributed by atoms with van der Waals surface area (Å²) in [6.07, 6.45) is 1.16. The second-order valence-corrected chi connectivity index (χ2v) is 4.67. The van der Waals surface area contributed by atoms with E-state index in [1.165, 1.54) is 12.1 Å². The zero-order valence-electron chi connectivity index (χ0n) is 10.4. The minimum absolute atomic E-state index is 0.00467. The molecule has 5 heteroatoms. The Labute approximate surface area is 110 Å². The van der Waals surface area contributed by atoms with Crippen LogP contribution in [0.4, 0.5) is 8.78 Å². The van der Waals surface area contributed by atoms with Crippen molar-refractivity contribution < 1.29 is 13.6 Å². The molecule has 2 rings (SSSR count). The first-order chi connectivity index (χ1) is 9.11. The number of nitriles is 1. The second kappa shape index (κ2) is 5.79. The number of hydrogen-bond donors (Lipinski definition) is 0. The van der Waals surface area contributed by atoms with Crippen LogP contribution in [0.3, 0.4) is 0 Å². The van der Waals surface area contributed by atoms with E-state index in [-0.39, 0.29) is 23.8 Å². The Balaban J connectivity index is 1.99. The van der Waals surface area contributed by atoms with Gasteiger partial charge in [-0.25, -0.2) is 8.78 Å². The number of nitrogens with zero attached hydrogens (tertiary/aromatic N) is 2. The van der Waals surface area contributed by atoms with Crippen LogP contribution < -0.4 is 0 Å². The highest BCUT2D eigenvalue weighted by atomic mass is 19.2. The first kappa shape index (κ1) is 13.5. The molecule has 19 heavy (non-hydrogen) atoms. The Hall–Kier alpha value is -1.96. The fourth-order valence-electron chi connectivity index (χ4n) is 2.22. The van der Waals surface area contributed by atoms with Crippen LogP contribution in [-0.4, -0.2) is 23.9 Å². The van der Waals surface area contributed by atoms with Crippen LogP contribution in [0.5, 0.6) is 0 Å². The summed E-state index contributed by atoms with van der Waals surface area (Å²) < 4.78 is 26.5. The van der Waals surface area contributed by atoms with Crippen LogP contribution in [0.1, 0.15) is 18.4 Å². The summed E-state index contributed by atoms with van der Waals surface area (Å²) in [5.41, 5.74) is 0.0763. The quantitative estimate of drug-likeness (QED) is 0.822. The van der Waals surface area contributed by atoms with Gasteiger partial charge < -0.3 is 4.90 Å². The summed E-state index contributed by atoms with van der Waals surface area (Å²) in [5, 5.41) is 8.77. The smallest absolute Gasteiger partial charge is 0.227 e. The molecule has 1 heterocycles. The molecule has 1 aliphatic heterocycles. The molecule has 1 aliphatic rings. The standard InChI is InChI=1S/C14H14F2N2O/c15-12-3-1-2-11(14(12)16)8-13(19)18-6-4-10(9-17)5-7-18/h1-3,10H,4-8H2. The largest absolute Gasteiger partial charge is 0.342 e. The van der Waals surface area contributed by atoms with Gasteiger partial charge in [0.15, 0.2) is 11.6 Å². The molecule has 1 fully saturated rings. The first-order valence-electron chi connectivity index (χ1n) is 6.22. The van der Waals surface area contributed by atoms with Gasteiger partial charge in [0, 0.05) is 24.6 Å². The Kier molecular flexibility index (Phi) is 4.10. The molecule has 1 saturated heterocycles. The van der Waals surface area contributed by atoms with Crippen LogP contribution in [-0.2, 0) is 11.2 Å². The molecular weight excluding hydrogens is 250 g/mol. The molecule has 0 saturated carbocycles. The van der Waals surface area contributed by atoms with Crippen molar-refractivity contribution in [3.05, 3.63) is 35.4 Å². The van der Waals surface area contributed by atoms with Gasteiger partial charge in [-0.1, -0.05) is 12.1 Å². The monoisotopic (exact) mass is 264 g/mol. The van der Waals surface area contributed by atoms with E-state index in [9.17, 15) is 13.6 Å². The summed E-state index contributed by atoms with van der Waals surface area (Å²) in [7, 11) is 0. The number of halogens is 2. The minimum atomic E-state index is -0.956. The predicted molar refractivity (Wildman–Crippen MR) is 65.0 cm³/mol. The highest BCUT2D eigenvalue weighted by Gasteiger charge is 2.23. The number of amides is 1. The number of likely N-dealkylation sites (tertiary alicyclic amines) is 1. The fraction of sp³-hybridized carbons (Fsp3) is 0.429. The maximum absolute atomic E-state index is 13.5. The van der Waals surface area contributed by atoms with Crippen molar-refractivity contribution in [2.24, 2.45) is 5.92 Å². The average molecular weight is 264 g/mol. The van der Waals surface area contributed by atoms with Crippen molar-refractivity contribution >= 4 is 5.91 Å². The normalized spacial score (nSPS) is 16.2. The van der Waals surface area contributed by atoms with Crippen LogP contribution in [0.2, 0.25) is 0 Å². The topological polar surface area (TPSA) is 44.1 Å². The summed E-state index contributed by atoms with van der Waals surface area (Å²) in [6.45, 7) is 1.02. The lowest BCUT2D eigenvalue weighted by molar-refractivity contribution is -0.131. The fourth-order valence-corrected chi connectivity index (χ4v) is 2.22. The van der Waals surface area contributed by atoms with Gasteiger partial charge >= 0.3 is 0 Å². The molecule has 0 aliphatic carbocycles. The SMILES string of the molecule is N#CC1CCN(C(=O)Cc2cccc(F)c2F)CC1. The lowest BCUT2D eigenvalue weighted by atomic mass is 9.98. The molecule has 1 aromatic rings. The van der Waals surface area contributed by atoms with Crippen molar-refractivity contribution in [3.63, 3.8) is 0 Å². The van der Waals surface area contributed by atoms with Gasteiger partial charge in [-0.2, -0.15) is 5.26 Å². The molecule has 1 amide bonds. The summed E-state index contributed by atoms with van der Waals surface area (Å²) in [4.78, 5) is 13.6. The summed E-state index contributed by atoms with van der Waals surface area (Å²) in [6, 6.07) is 6.02.